The second-order valence-electron chi connectivity index (χ2n) is 6.53. The maximum Gasteiger partial charge on any atom is 0.343 e. The molecule has 26 heavy (non-hydrogen) atoms. The van der Waals surface area contributed by atoms with Crippen LogP contribution < -0.4 is 0 Å². The molecule has 134 valence electrons. The summed E-state index contributed by atoms with van der Waals surface area (Å²) in [5.74, 6) is -0.966. The Labute approximate surface area is 153 Å². The number of para-hydroxylation sites is 1. The van der Waals surface area contributed by atoms with Gasteiger partial charge in [-0.3, -0.25) is 9.79 Å². The molecule has 0 unspecified atom stereocenters. The number of Topliss-reactive ketones (excluding diaryl/α,β-unsaturated/α-hetero) is 1. The van der Waals surface area contributed by atoms with E-state index < -0.39 is 5.97 Å². The van der Waals surface area contributed by atoms with E-state index in [0.717, 1.165) is 22.6 Å². The van der Waals surface area contributed by atoms with Gasteiger partial charge in [0.25, 0.3) is 0 Å². The number of carbonyl (C=O) groups is 2. The van der Waals surface area contributed by atoms with Crippen molar-refractivity contribution in [1.29, 1.82) is 0 Å². The molecule has 5 nitrogen and oxygen atoms in total. The Balaban J connectivity index is 1.93. The van der Waals surface area contributed by atoms with Gasteiger partial charge in [-0.05, 0) is 51.0 Å². The summed E-state index contributed by atoms with van der Waals surface area (Å²) >= 11 is 0. The van der Waals surface area contributed by atoms with E-state index in [1.165, 1.54) is 12.7 Å². The average Bonchev–Trinajstić information content (AvgIpc) is 3.04. The molecule has 3 rings (SSSR count). The van der Waals surface area contributed by atoms with Crippen LogP contribution in [-0.2, 0) is 20.7 Å². The number of esters is 1. The van der Waals surface area contributed by atoms with Crippen LogP contribution in [0, 0.1) is 20.8 Å². The summed E-state index contributed by atoms with van der Waals surface area (Å²) in [6.45, 7) is 7.82. The number of nitrogens with zero attached hydrogens (tertiary/aromatic N) is 2. The van der Waals surface area contributed by atoms with Gasteiger partial charge < -0.3 is 9.30 Å². The topological polar surface area (TPSA) is 60.7 Å². The molecule has 5 heteroatoms. The standard InChI is InChI=1S/C21H22N2O3/c1-12-8-6-7-9-18(12)23-13(2)10-16(15(23)4)11-17-20(24)19(14(3)22-17)21(25)26-5/h6-10H,11H2,1-5H3. The summed E-state index contributed by atoms with van der Waals surface area (Å²) in [5.41, 5.74) is 6.33. The Hall–Kier alpha value is -2.95. The number of ketones is 1. The molecule has 0 saturated heterocycles. The minimum Gasteiger partial charge on any atom is -0.465 e. The Morgan fingerprint density at radius 3 is 2.50 bits per heavy atom. The van der Waals surface area contributed by atoms with Gasteiger partial charge in [0.2, 0.25) is 5.78 Å². The molecule has 2 heterocycles. The lowest BCUT2D eigenvalue weighted by Crippen LogP contribution is -2.20. The van der Waals surface area contributed by atoms with Crippen molar-refractivity contribution in [3.8, 4) is 5.69 Å². The molecule has 0 atom stereocenters. The number of hydrogen-bond donors (Lipinski definition) is 0. The van der Waals surface area contributed by atoms with Gasteiger partial charge >= 0.3 is 5.97 Å². The Morgan fingerprint density at radius 2 is 1.85 bits per heavy atom. The molecule has 1 aliphatic heterocycles. The number of ether oxygens (including phenoxy) is 1. The monoisotopic (exact) mass is 350 g/mol. The molecule has 0 fully saturated rings. The third-order valence-electron chi connectivity index (χ3n) is 4.79. The number of methoxy groups -OCH3 is 1. The Bertz CT molecular complexity index is 977. The predicted octanol–water partition coefficient (Wildman–Crippen LogP) is 3.42. The summed E-state index contributed by atoms with van der Waals surface area (Å²) in [6.07, 6.45) is 0.391. The van der Waals surface area contributed by atoms with Crippen LogP contribution in [0.25, 0.3) is 5.69 Å². The first-order valence-corrected chi connectivity index (χ1v) is 8.50. The number of benzene rings is 1. The highest BCUT2D eigenvalue weighted by molar-refractivity contribution is 6.53. The zero-order valence-corrected chi connectivity index (χ0v) is 15.7. The first-order chi connectivity index (χ1) is 12.3. The van der Waals surface area contributed by atoms with E-state index in [1.807, 2.05) is 26.0 Å². The van der Waals surface area contributed by atoms with Crippen molar-refractivity contribution in [3.63, 3.8) is 0 Å². The van der Waals surface area contributed by atoms with Crippen molar-refractivity contribution in [1.82, 2.24) is 4.57 Å². The number of aromatic nitrogens is 1. The maximum absolute atomic E-state index is 12.6. The molecule has 1 aromatic carbocycles. The third-order valence-corrected chi connectivity index (χ3v) is 4.79. The second-order valence-corrected chi connectivity index (χ2v) is 6.53. The number of rotatable bonds is 4. The number of aliphatic imine (C=N–C) groups is 1. The van der Waals surface area contributed by atoms with Crippen LogP contribution in [0.5, 0.6) is 0 Å². The van der Waals surface area contributed by atoms with Crippen LogP contribution in [-0.4, -0.2) is 29.1 Å². The normalized spacial score (nSPS) is 14.0. The molecule has 0 spiro atoms. The van der Waals surface area contributed by atoms with Crippen molar-refractivity contribution < 1.29 is 14.3 Å². The van der Waals surface area contributed by atoms with E-state index in [2.05, 4.69) is 34.7 Å². The first kappa shape index (κ1) is 17.9. The number of allylic oxidation sites excluding steroid dienone is 1. The fourth-order valence-electron chi connectivity index (χ4n) is 3.45. The fraction of sp³-hybridized carbons (Fsp3) is 0.286. The zero-order valence-electron chi connectivity index (χ0n) is 15.7. The van der Waals surface area contributed by atoms with Crippen LogP contribution in [0.4, 0.5) is 0 Å². The molecule has 0 saturated carbocycles. The largest absolute Gasteiger partial charge is 0.465 e. The molecule has 0 aliphatic carbocycles. The molecule has 2 aromatic rings. The second kappa shape index (κ2) is 6.75. The van der Waals surface area contributed by atoms with Gasteiger partial charge in [0, 0.05) is 23.5 Å². The van der Waals surface area contributed by atoms with Crippen molar-refractivity contribution in [3.05, 3.63) is 64.1 Å². The minimum absolute atomic E-state index is 0.0372. The van der Waals surface area contributed by atoms with Crippen molar-refractivity contribution in [2.45, 2.75) is 34.1 Å². The van der Waals surface area contributed by atoms with E-state index in [-0.39, 0.29) is 11.4 Å². The molecule has 0 N–H and O–H groups in total. The molecule has 1 aromatic heterocycles. The van der Waals surface area contributed by atoms with E-state index in [1.54, 1.807) is 6.92 Å². The minimum atomic E-state index is -0.628. The van der Waals surface area contributed by atoms with E-state index in [9.17, 15) is 9.59 Å². The summed E-state index contributed by atoms with van der Waals surface area (Å²) in [7, 11) is 1.27. The summed E-state index contributed by atoms with van der Waals surface area (Å²) < 4.78 is 6.88. The van der Waals surface area contributed by atoms with Gasteiger partial charge in [0.1, 0.15) is 5.57 Å². The molecular formula is C21H22N2O3. The quantitative estimate of drug-likeness (QED) is 0.627. The first-order valence-electron chi connectivity index (χ1n) is 8.50. The smallest absolute Gasteiger partial charge is 0.343 e. The highest BCUT2D eigenvalue weighted by Crippen LogP contribution is 2.26. The van der Waals surface area contributed by atoms with Gasteiger partial charge in [0.05, 0.1) is 18.5 Å². The number of aryl methyl sites for hydroxylation is 2. The van der Waals surface area contributed by atoms with Crippen molar-refractivity contribution in [2.24, 2.45) is 4.99 Å². The average molecular weight is 350 g/mol. The van der Waals surface area contributed by atoms with Crippen molar-refractivity contribution >= 4 is 17.5 Å². The number of carbonyl (C=O) groups excluding carboxylic acids is 2. The lowest BCUT2D eigenvalue weighted by molar-refractivity contribution is -0.137. The van der Waals surface area contributed by atoms with Gasteiger partial charge in [-0.25, -0.2) is 4.79 Å². The lowest BCUT2D eigenvalue weighted by atomic mass is 10.0. The SMILES string of the molecule is COC(=O)C1=C(C)N=C(Cc2cc(C)n(-c3ccccc3C)c2C)C1=O. The summed E-state index contributed by atoms with van der Waals surface area (Å²) in [5, 5.41) is 0. The lowest BCUT2D eigenvalue weighted by Gasteiger charge is -2.12. The number of hydrogen-bond acceptors (Lipinski definition) is 4. The van der Waals surface area contributed by atoms with Gasteiger partial charge in [-0.15, -0.1) is 0 Å². The molecule has 1 aliphatic rings. The van der Waals surface area contributed by atoms with Gasteiger partial charge in [-0.2, -0.15) is 0 Å². The Kier molecular flexibility index (Phi) is 4.64. The molecule has 0 bridgehead atoms. The van der Waals surface area contributed by atoms with Crippen molar-refractivity contribution in [2.75, 3.05) is 7.11 Å². The van der Waals surface area contributed by atoms with Crippen LogP contribution >= 0.6 is 0 Å². The van der Waals surface area contributed by atoms with Gasteiger partial charge in [-0.1, -0.05) is 18.2 Å². The molecule has 0 amide bonds. The van der Waals surface area contributed by atoms with E-state index >= 15 is 0 Å². The van der Waals surface area contributed by atoms with Crippen LogP contribution in [0.1, 0.15) is 29.4 Å². The Morgan fingerprint density at radius 1 is 1.15 bits per heavy atom. The van der Waals surface area contributed by atoms with E-state index in [0.29, 0.717) is 17.8 Å². The van der Waals surface area contributed by atoms with Crippen LogP contribution in [0.3, 0.4) is 0 Å². The maximum atomic E-state index is 12.6. The summed E-state index contributed by atoms with van der Waals surface area (Å²) in [6, 6.07) is 10.3. The summed E-state index contributed by atoms with van der Waals surface area (Å²) in [4.78, 5) is 28.7. The fourth-order valence-corrected chi connectivity index (χ4v) is 3.45. The van der Waals surface area contributed by atoms with Crippen LogP contribution in [0.15, 0.2) is 46.6 Å². The molecule has 0 radical (unpaired) electrons. The van der Waals surface area contributed by atoms with Gasteiger partial charge in [0.15, 0.2) is 0 Å². The van der Waals surface area contributed by atoms with Crippen LogP contribution in [0.2, 0.25) is 0 Å². The highest BCUT2D eigenvalue weighted by atomic mass is 16.5. The molecular weight excluding hydrogens is 328 g/mol. The predicted molar refractivity (Wildman–Crippen MR) is 101 cm³/mol. The highest BCUT2D eigenvalue weighted by Gasteiger charge is 2.32. The third kappa shape index (κ3) is 2.90. The van der Waals surface area contributed by atoms with E-state index in [4.69, 9.17) is 4.74 Å². The zero-order chi connectivity index (χ0) is 19.0.